The number of nitro groups is 1. The summed E-state index contributed by atoms with van der Waals surface area (Å²) in [6, 6.07) is 17.4. The number of hydrogen-bond acceptors (Lipinski definition) is 6. The molecule has 1 fully saturated rings. The number of amides is 3. The number of hydrogen-bond donors (Lipinski definition) is 1. The zero-order valence-corrected chi connectivity index (χ0v) is 24.6. The van der Waals surface area contributed by atoms with Crippen LogP contribution in [0.25, 0.3) is 0 Å². The van der Waals surface area contributed by atoms with Gasteiger partial charge in [-0.15, -0.1) is 0 Å². The van der Waals surface area contributed by atoms with Gasteiger partial charge in [-0.05, 0) is 49.2 Å². The van der Waals surface area contributed by atoms with Gasteiger partial charge in [-0.3, -0.25) is 24.8 Å². The van der Waals surface area contributed by atoms with Gasteiger partial charge in [-0.1, -0.05) is 57.9 Å². The first kappa shape index (κ1) is 28.6. The van der Waals surface area contributed by atoms with Crippen molar-refractivity contribution in [2.24, 2.45) is 4.99 Å². The molecule has 0 spiro atoms. The highest BCUT2D eigenvalue weighted by Crippen LogP contribution is 2.47. The molecule has 3 aromatic carbocycles. The van der Waals surface area contributed by atoms with E-state index in [1.54, 1.807) is 17.0 Å². The maximum Gasteiger partial charge on any atom is 0.326 e. The van der Waals surface area contributed by atoms with Crippen molar-refractivity contribution < 1.29 is 19.2 Å². The van der Waals surface area contributed by atoms with Crippen molar-refractivity contribution in [1.82, 2.24) is 15.1 Å². The van der Waals surface area contributed by atoms with Gasteiger partial charge in [0, 0.05) is 28.7 Å². The van der Waals surface area contributed by atoms with Crippen molar-refractivity contribution in [1.29, 1.82) is 0 Å². The van der Waals surface area contributed by atoms with Crippen LogP contribution in [0.2, 0.25) is 5.02 Å². The van der Waals surface area contributed by atoms with E-state index in [0.717, 1.165) is 10.0 Å². The molecule has 1 saturated heterocycles. The van der Waals surface area contributed by atoms with Crippen LogP contribution in [-0.2, 0) is 4.79 Å². The van der Waals surface area contributed by atoms with Crippen molar-refractivity contribution in [2.75, 3.05) is 19.6 Å². The monoisotopic (exact) mass is 639 g/mol. The lowest BCUT2D eigenvalue weighted by Gasteiger charge is -2.36. The second kappa shape index (κ2) is 11.9. The Morgan fingerprint density at radius 1 is 1.17 bits per heavy atom. The summed E-state index contributed by atoms with van der Waals surface area (Å²) in [5.74, 6) is 0.227. The van der Waals surface area contributed by atoms with Crippen LogP contribution < -0.4 is 10.1 Å². The van der Waals surface area contributed by atoms with E-state index in [2.05, 4.69) is 21.2 Å². The molecule has 1 N–H and O–H groups in total. The van der Waals surface area contributed by atoms with Crippen LogP contribution in [0.3, 0.4) is 0 Å². The number of urea groups is 1. The normalized spacial score (nSPS) is 18.8. The first-order valence-corrected chi connectivity index (χ1v) is 14.2. The Labute approximate surface area is 250 Å². The number of amidine groups is 1. The number of aliphatic imine (C=N–C) groups is 1. The standard InChI is InChI=1S/C29H27BrClN5O5/c1-17(2)41-24-15-20(36(39)40)11-12-22(24)28-33-26(21-5-3-4-6-23(21)31)27(18-7-9-19(30)10-8-18)35(28)29(38)34-14-13-32-25(37)16-34/h3-12,15,17,26-27H,13-14,16H2,1-2H3,(H,32,37)/t26-,27+/m0/s1. The molecule has 2 aliphatic rings. The molecule has 3 amide bonds. The van der Waals surface area contributed by atoms with Gasteiger partial charge in [0.2, 0.25) is 5.91 Å². The second-order valence-corrected chi connectivity index (χ2v) is 11.3. The summed E-state index contributed by atoms with van der Waals surface area (Å²) in [4.78, 5) is 45.9. The highest BCUT2D eigenvalue weighted by atomic mass is 79.9. The summed E-state index contributed by atoms with van der Waals surface area (Å²) in [6.45, 7) is 4.15. The zero-order valence-electron chi connectivity index (χ0n) is 22.3. The van der Waals surface area contributed by atoms with Crippen molar-refractivity contribution in [3.8, 4) is 5.75 Å². The minimum absolute atomic E-state index is 0.109. The molecule has 5 rings (SSSR count). The zero-order chi connectivity index (χ0) is 29.3. The third kappa shape index (κ3) is 5.91. The number of nitro benzene ring substituents is 1. The van der Waals surface area contributed by atoms with E-state index in [9.17, 15) is 19.7 Å². The SMILES string of the molecule is CC(C)Oc1cc([N+](=O)[O-])ccc1C1=N[C@@H](c2ccccc2Cl)[C@@H](c2ccc(Br)cc2)N1C(=O)N1CCNC(=O)C1. The fraction of sp³-hybridized carbons (Fsp3) is 0.276. The second-order valence-electron chi connectivity index (χ2n) is 9.94. The molecule has 0 aromatic heterocycles. The minimum Gasteiger partial charge on any atom is -0.490 e. The lowest BCUT2D eigenvalue weighted by molar-refractivity contribution is -0.384. The highest BCUT2D eigenvalue weighted by Gasteiger charge is 2.45. The largest absolute Gasteiger partial charge is 0.490 e. The van der Waals surface area contributed by atoms with Gasteiger partial charge in [-0.2, -0.15) is 0 Å². The lowest BCUT2D eigenvalue weighted by Crippen LogP contribution is -2.55. The third-order valence-corrected chi connectivity index (χ3v) is 7.67. The number of ether oxygens (including phenoxy) is 1. The van der Waals surface area contributed by atoms with Crippen molar-refractivity contribution in [3.63, 3.8) is 0 Å². The first-order chi connectivity index (χ1) is 19.6. The predicted molar refractivity (Wildman–Crippen MR) is 158 cm³/mol. The molecular formula is C29H27BrClN5O5. The molecule has 212 valence electrons. The molecule has 3 aromatic rings. The number of non-ortho nitro benzene ring substituents is 1. The van der Waals surface area contributed by atoms with E-state index in [1.807, 2.05) is 56.3 Å². The Morgan fingerprint density at radius 2 is 1.90 bits per heavy atom. The van der Waals surface area contributed by atoms with Gasteiger partial charge >= 0.3 is 6.03 Å². The average Bonchev–Trinajstić information content (AvgIpc) is 3.33. The number of halogens is 2. The van der Waals surface area contributed by atoms with Crippen LogP contribution in [-0.4, -0.2) is 58.2 Å². The van der Waals surface area contributed by atoms with E-state index in [4.69, 9.17) is 21.3 Å². The van der Waals surface area contributed by atoms with Gasteiger partial charge in [0.15, 0.2) is 0 Å². The summed E-state index contributed by atoms with van der Waals surface area (Å²) < 4.78 is 6.89. The highest BCUT2D eigenvalue weighted by molar-refractivity contribution is 9.10. The smallest absolute Gasteiger partial charge is 0.326 e. The molecular weight excluding hydrogens is 614 g/mol. The minimum atomic E-state index is -0.641. The van der Waals surface area contributed by atoms with Gasteiger partial charge < -0.3 is 15.0 Å². The number of nitrogens with one attached hydrogen (secondary N) is 1. The van der Waals surface area contributed by atoms with Crippen LogP contribution in [0.5, 0.6) is 5.75 Å². The summed E-state index contributed by atoms with van der Waals surface area (Å²) in [5, 5.41) is 14.8. The Morgan fingerprint density at radius 3 is 2.56 bits per heavy atom. The molecule has 12 heteroatoms. The molecule has 0 radical (unpaired) electrons. The third-order valence-electron chi connectivity index (χ3n) is 6.80. The molecule has 0 unspecified atom stereocenters. The molecule has 2 aliphatic heterocycles. The van der Waals surface area contributed by atoms with Crippen LogP contribution in [0, 0.1) is 10.1 Å². The summed E-state index contributed by atoms with van der Waals surface area (Å²) in [6.07, 6.45) is -0.311. The Balaban J connectivity index is 1.74. The number of carbonyl (C=O) groups is 2. The topological polar surface area (TPSA) is 117 Å². The maximum absolute atomic E-state index is 14.4. The predicted octanol–water partition coefficient (Wildman–Crippen LogP) is 5.89. The maximum atomic E-state index is 14.4. The van der Waals surface area contributed by atoms with E-state index < -0.39 is 23.0 Å². The summed E-state index contributed by atoms with van der Waals surface area (Å²) >= 11 is 10.2. The van der Waals surface area contributed by atoms with E-state index in [1.165, 1.54) is 17.0 Å². The summed E-state index contributed by atoms with van der Waals surface area (Å²) in [5.41, 5.74) is 1.76. The lowest BCUT2D eigenvalue weighted by atomic mass is 9.93. The Hall–Kier alpha value is -3.96. The first-order valence-electron chi connectivity index (χ1n) is 13.0. The molecule has 0 saturated carbocycles. The molecule has 0 bridgehead atoms. The van der Waals surface area contributed by atoms with Gasteiger partial charge in [0.05, 0.1) is 28.7 Å². The number of nitrogens with zero attached hydrogens (tertiary/aromatic N) is 4. The Bertz CT molecular complexity index is 1530. The van der Waals surface area contributed by atoms with Crippen molar-refractivity contribution in [3.05, 3.63) is 103 Å². The molecule has 10 nitrogen and oxygen atoms in total. The van der Waals surface area contributed by atoms with E-state index in [-0.39, 0.29) is 35.8 Å². The summed E-state index contributed by atoms with van der Waals surface area (Å²) in [7, 11) is 0. The number of rotatable bonds is 6. The average molecular weight is 641 g/mol. The van der Waals surface area contributed by atoms with Crippen LogP contribution >= 0.6 is 27.5 Å². The number of benzene rings is 3. The fourth-order valence-electron chi connectivity index (χ4n) is 5.01. The van der Waals surface area contributed by atoms with Gasteiger partial charge in [0.1, 0.15) is 24.2 Å². The van der Waals surface area contributed by atoms with Gasteiger partial charge in [-0.25, -0.2) is 4.79 Å². The molecule has 2 atom stereocenters. The van der Waals surface area contributed by atoms with Crippen molar-refractivity contribution >= 4 is 51.0 Å². The van der Waals surface area contributed by atoms with Crippen LogP contribution in [0.1, 0.15) is 42.6 Å². The van der Waals surface area contributed by atoms with E-state index >= 15 is 0 Å². The fourth-order valence-corrected chi connectivity index (χ4v) is 5.52. The Kier molecular flexibility index (Phi) is 8.27. The quantitative estimate of drug-likeness (QED) is 0.266. The number of carbonyl (C=O) groups excluding carboxylic acids is 2. The van der Waals surface area contributed by atoms with Gasteiger partial charge in [0.25, 0.3) is 5.69 Å². The van der Waals surface area contributed by atoms with Crippen LogP contribution in [0.4, 0.5) is 10.5 Å². The molecule has 2 heterocycles. The van der Waals surface area contributed by atoms with E-state index in [0.29, 0.717) is 29.2 Å². The molecule has 0 aliphatic carbocycles. The molecule has 41 heavy (non-hydrogen) atoms. The van der Waals surface area contributed by atoms with Crippen molar-refractivity contribution in [2.45, 2.75) is 32.0 Å². The number of piperazine rings is 1. The van der Waals surface area contributed by atoms with Crippen LogP contribution in [0.15, 0.2) is 76.2 Å².